The molecule has 7 nitrogen and oxygen atoms in total. The Morgan fingerprint density at radius 1 is 1.16 bits per heavy atom. The quantitative estimate of drug-likeness (QED) is 0.755. The molecule has 8 heteroatoms. The largest absolute Gasteiger partial charge is 0.497 e. The molecule has 0 N–H and O–H groups in total. The minimum absolute atomic E-state index is 0.0673. The topological polar surface area (TPSA) is 70.2 Å². The van der Waals surface area contributed by atoms with Crippen molar-refractivity contribution in [3.8, 4) is 5.75 Å². The highest BCUT2D eigenvalue weighted by atomic mass is 32.2. The maximum atomic E-state index is 12.6. The van der Waals surface area contributed by atoms with E-state index < -0.39 is 10.2 Å². The Labute approximate surface area is 150 Å². The standard InChI is InChI=1S/C17H27N3O4S/c1-18(2)25(22,23)20-11-9-15(10-12-20)17(21)19(3)13-14-5-7-16(24-4)8-6-14/h5-8,15H,9-13H2,1-4H3. The van der Waals surface area contributed by atoms with Crippen molar-refractivity contribution in [1.29, 1.82) is 0 Å². The molecule has 1 aromatic carbocycles. The van der Waals surface area contributed by atoms with E-state index in [-0.39, 0.29) is 11.8 Å². The van der Waals surface area contributed by atoms with E-state index in [1.165, 1.54) is 22.7 Å². The molecule has 0 aromatic heterocycles. The average molecular weight is 369 g/mol. The Morgan fingerprint density at radius 3 is 2.20 bits per heavy atom. The summed E-state index contributed by atoms with van der Waals surface area (Å²) in [7, 11) is 3.06. The number of carbonyl (C=O) groups excluding carboxylic acids is 1. The third kappa shape index (κ3) is 4.71. The lowest BCUT2D eigenvalue weighted by Crippen LogP contribution is -2.46. The van der Waals surface area contributed by atoms with Crippen LogP contribution < -0.4 is 4.74 Å². The number of methoxy groups -OCH3 is 1. The van der Waals surface area contributed by atoms with Crippen molar-refractivity contribution in [2.75, 3.05) is 41.3 Å². The normalized spacial score (nSPS) is 16.8. The van der Waals surface area contributed by atoms with E-state index in [2.05, 4.69) is 0 Å². The lowest BCUT2D eigenvalue weighted by molar-refractivity contribution is -0.135. The molecule has 0 saturated carbocycles. The highest BCUT2D eigenvalue weighted by molar-refractivity contribution is 7.86. The molecule has 1 aliphatic rings. The molecule has 1 heterocycles. The number of amides is 1. The van der Waals surface area contributed by atoms with Crippen LogP contribution in [-0.4, -0.2) is 69.2 Å². The Kier molecular flexibility index (Phi) is 6.42. The third-order valence-electron chi connectivity index (χ3n) is 4.55. The molecule has 0 radical (unpaired) electrons. The second kappa shape index (κ2) is 8.16. The predicted molar refractivity (Wildman–Crippen MR) is 96.4 cm³/mol. The van der Waals surface area contributed by atoms with Gasteiger partial charge in [-0.3, -0.25) is 4.79 Å². The van der Waals surface area contributed by atoms with Gasteiger partial charge in [-0.25, -0.2) is 0 Å². The molecular weight excluding hydrogens is 342 g/mol. The Morgan fingerprint density at radius 2 is 1.72 bits per heavy atom. The van der Waals surface area contributed by atoms with Crippen LogP contribution in [0.5, 0.6) is 5.75 Å². The number of rotatable bonds is 6. The first-order valence-corrected chi connectivity index (χ1v) is 9.71. The summed E-state index contributed by atoms with van der Waals surface area (Å²) in [6.07, 6.45) is 1.11. The summed E-state index contributed by atoms with van der Waals surface area (Å²) in [5.41, 5.74) is 1.03. The van der Waals surface area contributed by atoms with Crippen LogP contribution in [0.1, 0.15) is 18.4 Å². The highest BCUT2D eigenvalue weighted by Crippen LogP contribution is 2.23. The van der Waals surface area contributed by atoms with Gasteiger partial charge in [-0.2, -0.15) is 17.0 Å². The van der Waals surface area contributed by atoms with Crippen LogP contribution in [0, 0.1) is 5.92 Å². The van der Waals surface area contributed by atoms with Crippen molar-refractivity contribution in [3.63, 3.8) is 0 Å². The fraction of sp³-hybridized carbons (Fsp3) is 0.588. The number of hydrogen-bond donors (Lipinski definition) is 0. The van der Waals surface area contributed by atoms with Crippen LogP contribution >= 0.6 is 0 Å². The average Bonchev–Trinajstić information content (AvgIpc) is 2.61. The zero-order chi connectivity index (χ0) is 18.6. The summed E-state index contributed by atoms with van der Waals surface area (Å²) < 4.78 is 32.1. The van der Waals surface area contributed by atoms with E-state index in [4.69, 9.17) is 4.74 Å². The van der Waals surface area contributed by atoms with Crippen molar-refractivity contribution in [2.45, 2.75) is 19.4 Å². The smallest absolute Gasteiger partial charge is 0.281 e. The molecule has 1 aromatic rings. The van der Waals surface area contributed by atoms with Gasteiger partial charge >= 0.3 is 0 Å². The van der Waals surface area contributed by atoms with E-state index >= 15 is 0 Å². The lowest BCUT2D eigenvalue weighted by atomic mass is 9.96. The van der Waals surface area contributed by atoms with Gasteiger partial charge in [0.25, 0.3) is 10.2 Å². The number of piperidine rings is 1. The van der Waals surface area contributed by atoms with Crippen molar-refractivity contribution in [1.82, 2.24) is 13.5 Å². The van der Waals surface area contributed by atoms with Gasteiger partial charge in [-0.15, -0.1) is 0 Å². The Hall–Kier alpha value is -1.64. The summed E-state index contributed by atoms with van der Waals surface area (Å²) in [5.74, 6) is 0.724. The van der Waals surface area contributed by atoms with Crippen LogP contribution in [-0.2, 0) is 21.5 Å². The maximum absolute atomic E-state index is 12.6. The lowest BCUT2D eigenvalue weighted by Gasteiger charge is -2.33. The van der Waals surface area contributed by atoms with Gasteiger partial charge in [0.15, 0.2) is 0 Å². The second-order valence-electron chi connectivity index (χ2n) is 6.51. The number of benzene rings is 1. The van der Waals surface area contributed by atoms with E-state index in [0.717, 1.165) is 11.3 Å². The second-order valence-corrected chi connectivity index (χ2v) is 8.65. The molecule has 25 heavy (non-hydrogen) atoms. The number of ether oxygens (including phenoxy) is 1. The van der Waals surface area contributed by atoms with Gasteiger partial charge in [0, 0.05) is 46.7 Å². The molecular formula is C17H27N3O4S. The highest BCUT2D eigenvalue weighted by Gasteiger charge is 2.33. The molecule has 0 atom stereocenters. The van der Waals surface area contributed by atoms with Gasteiger partial charge in [-0.1, -0.05) is 12.1 Å². The number of hydrogen-bond acceptors (Lipinski definition) is 4. The van der Waals surface area contributed by atoms with Gasteiger partial charge in [0.1, 0.15) is 5.75 Å². The number of nitrogens with zero attached hydrogens (tertiary/aromatic N) is 3. The summed E-state index contributed by atoms with van der Waals surface area (Å²) in [6.45, 7) is 1.29. The van der Waals surface area contributed by atoms with Gasteiger partial charge in [0.2, 0.25) is 5.91 Å². The van der Waals surface area contributed by atoms with Crippen molar-refractivity contribution >= 4 is 16.1 Å². The fourth-order valence-corrected chi connectivity index (χ4v) is 4.09. The van der Waals surface area contributed by atoms with Crippen LogP contribution in [0.2, 0.25) is 0 Å². The predicted octanol–water partition coefficient (Wildman–Crippen LogP) is 1.17. The van der Waals surface area contributed by atoms with Crippen LogP contribution in [0.25, 0.3) is 0 Å². The Bertz CT molecular complexity index is 680. The van der Waals surface area contributed by atoms with Gasteiger partial charge < -0.3 is 9.64 Å². The molecule has 0 bridgehead atoms. The van der Waals surface area contributed by atoms with E-state index in [1.54, 1.807) is 19.1 Å². The van der Waals surface area contributed by atoms with Crippen LogP contribution in [0.3, 0.4) is 0 Å². The molecule has 1 aliphatic heterocycles. The SMILES string of the molecule is COc1ccc(CN(C)C(=O)C2CCN(S(=O)(=O)N(C)C)CC2)cc1. The minimum Gasteiger partial charge on any atom is -0.497 e. The zero-order valence-corrected chi connectivity index (χ0v) is 16.1. The zero-order valence-electron chi connectivity index (χ0n) is 15.3. The first-order chi connectivity index (χ1) is 11.8. The van der Waals surface area contributed by atoms with Crippen LogP contribution in [0.15, 0.2) is 24.3 Å². The molecule has 1 amide bonds. The van der Waals surface area contributed by atoms with Crippen molar-refractivity contribution in [3.05, 3.63) is 29.8 Å². The Balaban J connectivity index is 1.90. The van der Waals surface area contributed by atoms with Crippen molar-refractivity contribution in [2.24, 2.45) is 5.92 Å². The summed E-state index contributed by atoms with van der Waals surface area (Å²) in [4.78, 5) is 14.3. The summed E-state index contributed by atoms with van der Waals surface area (Å²) in [5, 5.41) is 0. The maximum Gasteiger partial charge on any atom is 0.281 e. The molecule has 0 spiro atoms. The molecule has 2 rings (SSSR count). The molecule has 0 unspecified atom stereocenters. The first kappa shape index (κ1) is 19.7. The minimum atomic E-state index is -3.39. The van der Waals surface area contributed by atoms with Crippen molar-refractivity contribution < 1.29 is 17.9 Å². The molecule has 140 valence electrons. The number of carbonyl (C=O) groups is 1. The van der Waals surface area contributed by atoms with Crippen LogP contribution in [0.4, 0.5) is 0 Å². The van der Waals surface area contributed by atoms with Gasteiger partial charge in [-0.05, 0) is 30.5 Å². The third-order valence-corrected chi connectivity index (χ3v) is 6.49. The molecule has 1 fully saturated rings. The monoisotopic (exact) mass is 369 g/mol. The molecule has 1 saturated heterocycles. The van der Waals surface area contributed by atoms with E-state index in [9.17, 15) is 13.2 Å². The summed E-state index contributed by atoms with van der Waals surface area (Å²) >= 11 is 0. The van der Waals surface area contributed by atoms with E-state index in [1.807, 2.05) is 24.3 Å². The molecule has 0 aliphatic carbocycles. The van der Waals surface area contributed by atoms with Gasteiger partial charge in [0.05, 0.1) is 7.11 Å². The summed E-state index contributed by atoms with van der Waals surface area (Å²) in [6, 6.07) is 7.63. The fourth-order valence-electron chi connectivity index (χ4n) is 2.96. The van der Waals surface area contributed by atoms with E-state index in [0.29, 0.717) is 32.5 Å². The first-order valence-electron chi connectivity index (χ1n) is 8.31.